The Morgan fingerprint density at radius 2 is 2.25 bits per heavy atom. The zero-order valence-corrected chi connectivity index (χ0v) is 7.92. The number of unbranched alkanes of at least 4 members (excludes halogenated alkanes) is 1. The number of nitrogens with zero attached hydrogens (tertiary/aromatic N) is 1. The first-order valence-corrected chi connectivity index (χ1v) is 4.23. The third-order valence-electron chi connectivity index (χ3n) is 1.55. The minimum Gasteiger partial charge on any atom is -0.480 e. The summed E-state index contributed by atoms with van der Waals surface area (Å²) >= 11 is 5.54. The van der Waals surface area contributed by atoms with E-state index in [-0.39, 0.29) is 0 Å². The largest absolute Gasteiger partial charge is 0.480 e. The van der Waals surface area contributed by atoms with Gasteiger partial charge >= 0.3 is 5.97 Å². The van der Waals surface area contributed by atoms with E-state index in [0.29, 0.717) is 6.42 Å². The van der Waals surface area contributed by atoms with Crippen LogP contribution in [0.15, 0.2) is 0 Å². The number of hydrogen-bond donors (Lipinski definition) is 2. The summed E-state index contributed by atoms with van der Waals surface area (Å²) < 4.78 is 1.55. The summed E-state index contributed by atoms with van der Waals surface area (Å²) in [6.45, 7) is 0.758. The molecule has 0 aliphatic heterocycles. The SMILES string of the molecule is CN(Cl)CCCC[C@@H](N)C(=O)O. The summed E-state index contributed by atoms with van der Waals surface area (Å²) in [7, 11) is 1.76. The van der Waals surface area contributed by atoms with E-state index in [0.717, 1.165) is 19.4 Å². The zero-order chi connectivity index (χ0) is 9.56. The first-order chi connectivity index (χ1) is 5.54. The van der Waals surface area contributed by atoms with Crippen LogP contribution in [0.25, 0.3) is 0 Å². The maximum atomic E-state index is 10.3. The summed E-state index contributed by atoms with van der Waals surface area (Å²) in [5.74, 6) is -0.936. The van der Waals surface area contributed by atoms with Crippen molar-refractivity contribution in [2.45, 2.75) is 25.3 Å². The van der Waals surface area contributed by atoms with Gasteiger partial charge < -0.3 is 10.8 Å². The molecule has 0 fully saturated rings. The van der Waals surface area contributed by atoms with Crippen molar-refractivity contribution < 1.29 is 9.90 Å². The van der Waals surface area contributed by atoms with Crippen molar-refractivity contribution in [3.63, 3.8) is 0 Å². The van der Waals surface area contributed by atoms with Crippen molar-refractivity contribution in [1.82, 2.24) is 4.42 Å². The van der Waals surface area contributed by atoms with Gasteiger partial charge in [0.15, 0.2) is 0 Å². The van der Waals surface area contributed by atoms with Gasteiger partial charge in [-0.1, -0.05) is 0 Å². The molecule has 3 N–H and O–H groups in total. The number of rotatable bonds is 6. The van der Waals surface area contributed by atoms with Crippen molar-refractivity contribution in [2.24, 2.45) is 5.73 Å². The van der Waals surface area contributed by atoms with E-state index in [2.05, 4.69) is 0 Å². The number of nitrogens with two attached hydrogens (primary N) is 1. The molecule has 0 heterocycles. The summed E-state index contributed by atoms with van der Waals surface area (Å²) in [6.07, 6.45) is 2.19. The lowest BCUT2D eigenvalue weighted by Gasteiger charge is -2.07. The van der Waals surface area contributed by atoms with Gasteiger partial charge in [0.1, 0.15) is 6.04 Å². The molecule has 0 aromatic heterocycles. The molecule has 0 spiro atoms. The highest BCUT2D eigenvalue weighted by molar-refractivity contribution is 6.13. The van der Waals surface area contributed by atoms with Gasteiger partial charge in [0, 0.05) is 13.6 Å². The van der Waals surface area contributed by atoms with Crippen LogP contribution in [0.1, 0.15) is 19.3 Å². The van der Waals surface area contributed by atoms with Crippen LogP contribution < -0.4 is 5.73 Å². The van der Waals surface area contributed by atoms with E-state index >= 15 is 0 Å². The van der Waals surface area contributed by atoms with E-state index in [1.165, 1.54) is 0 Å². The molecule has 72 valence electrons. The van der Waals surface area contributed by atoms with Gasteiger partial charge in [-0.05, 0) is 31.0 Å². The predicted molar refractivity (Wildman–Crippen MR) is 47.9 cm³/mol. The molecule has 0 aliphatic rings. The maximum Gasteiger partial charge on any atom is 0.320 e. The lowest BCUT2D eigenvalue weighted by Crippen LogP contribution is -2.29. The smallest absolute Gasteiger partial charge is 0.320 e. The van der Waals surface area contributed by atoms with E-state index in [1.54, 1.807) is 11.5 Å². The number of carbonyl (C=O) groups is 1. The summed E-state index contributed by atoms with van der Waals surface area (Å²) in [4.78, 5) is 10.3. The van der Waals surface area contributed by atoms with Crippen molar-refractivity contribution >= 4 is 17.7 Å². The molecule has 1 atom stereocenters. The zero-order valence-electron chi connectivity index (χ0n) is 7.16. The van der Waals surface area contributed by atoms with Crippen LogP contribution in [-0.2, 0) is 4.79 Å². The molecule has 0 rings (SSSR count). The second kappa shape index (κ2) is 6.22. The predicted octanol–water partition coefficient (Wildman–Crippen LogP) is 0.654. The number of hydrogen-bond acceptors (Lipinski definition) is 3. The van der Waals surface area contributed by atoms with E-state index in [4.69, 9.17) is 22.6 Å². The Morgan fingerprint density at radius 1 is 1.67 bits per heavy atom. The fourth-order valence-corrected chi connectivity index (χ4v) is 0.937. The van der Waals surface area contributed by atoms with Gasteiger partial charge in [-0.25, -0.2) is 4.42 Å². The van der Waals surface area contributed by atoms with E-state index in [1.807, 2.05) is 0 Å². The minimum absolute atomic E-state index is 0.514. The Kier molecular flexibility index (Phi) is 6.06. The van der Waals surface area contributed by atoms with Crippen molar-refractivity contribution in [3.8, 4) is 0 Å². The monoisotopic (exact) mass is 194 g/mol. The fourth-order valence-electron chi connectivity index (χ4n) is 0.817. The van der Waals surface area contributed by atoms with Crippen molar-refractivity contribution in [1.29, 1.82) is 0 Å². The van der Waals surface area contributed by atoms with Crippen LogP contribution in [0.2, 0.25) is 0 Å². The van der Waals surface area contributed by atoms with Gasteiger partial charge in [0.25, 0.3) is 0 Å². The average molecular weight is 195 g/mol. The van der Waals surface area contributed by atoms with Gasteiger partial charge in [-0.2, -0.15) is 0 Å². The normalized spacial score (nSPS) is 13.3. The van der Waals surface area contributed by atoms with E-state index in [9.17, 15) is 4.79 Å². The van der Waals surface area contributed by atoms with Gasteiger partial charge in [0.05, 0.1) is 0 Å². The molecular formula is C7H15ClN2O2. The number of halogens is 1. The molecule has 12 heavy (non-hydrogen) atoms. The highest BCUT2D eigenvalue weighted by atomic mass is 35.5. The first-order valence-electron chi connectivity index (χ1n) is 3.89. The van der Waals surface area contributed by atoms with Crippen LogP contribution in [0.5, 0.6) is 0 Å². The molecule has 4 nitrogen and oxygen atoms in total. The molecule has 0 amide bonds. The molecular weight excluding hydrogens is 180 g/mol. The Labute approximate surface area is 77.4 Å². The quantitative estimate of drug-likeness (QED) is 0.482. The fraction of sp³-hybridized carbons (Fsp3) is 0.857. The Morgan fingerprint density at radius 3 is 2.67 bits per heavy atom. The number of carboxylic acids is 1. The second-order valence-corrected chi connectivity index (χ2v) is 3.35. The number of aliphatic carboxylic acids is 1. The van der Waals surface area contributed by atoms with Gasteiger partial charge in [-0.15, -0.1) is 0 Å². The highest BCUT2D eigenvalue weighted by Crippen LogP contribution is 2.01. The average Bonchev–Trinajstić information content (AvgIpc) is 1.97. The van der Waals surface area contributed by atoms with Gasteiger partial charge in [-0.3, -0.25) is 4.79 Å². The summed E-state index contributed by atoms with van der Waals surface area (Å²) in [6, 6.07) is -0.731. The van der Waals surface area contributed by atoms with Crippen LogP contribution in [0.3, 0.4) is 0 Å². The van der Waals surface area contributed by atoms with E-state index < -0.39 is 12.0 Å². The van der Waals surface area contributed by atoms with Crippen LogP contribution >= 0.6 is 11.8 Å². The lowest BCUT2D eigenvalue weighted by atomic mass is 10.1. The molecule has 0 aromatic carbocycles. The molecule has 0 aromatic rings. The topological polar surface area (TPSA) is 66.6 Å². The second-order valence-electron chi connectivity index (χ2n) is 2.77. The van der Waals surface area contributed by atoms with Gasteiger partial charge in [0.2, 0.25) is 0 Å². The molecule has 0 saturated carbocycles. The third-order valence-corrected chi connectivity index (χ3v) is 1.72. The van der Waals surface area contributed by atoms with Crippen LogP contribution in [0, 0.1) is 0 Å². The summed E-state index contributed by atoms with van der Waals surface area (Å²) in [5, 5.41) is 8.43. The third kappa shape index (κ3) is 6.39. The van der Waals surface area contributed by atoms with Crippen molar-refractivity contribution in [2.75, 3.05) is 13.6 Å². The molecule has 0 aliphatic carbocycles. The Hall–Kier alpha value is -0.320. The molecule has 0 radical (unpaired) electrons. The van der Waals surface area contributed by atoms with Crippen molar-refractivity contribution in [3.05, 3.63) is 0 Å². The molecule has 0 saturated heterocycles. The molecule has 0 unspecified atom stereocenters. The first kappa shape index (κ1) is 11.7. The van der Waals surface area contributed by atoms with Crippen LogP contribution in [0.4, 0.5) is 0 Å². The summed E-state index contributed by atoms with van der Waals surface area (Å²) in [5.41, 5.74) is 5.29. The van der Waals surface area contributed by atoms with Crippen LogP contribution in [-0.4, -0.2) is 35.1 Å². The Bertz CT molecular complexity index is 141. The molecule has 5 heteroatoms. The number of carboxylic acid groups (broad SMARTS) is 1. The minimum atomic E-state index is -0.936. The lowest BCUT2D eigenvalue weighted by molar-refractivity contribution is -0.138. The Balaban J connectivity index is 3.25. The highest BCUT2D eigenvalue weighted by Gasteiger charge is 2.09. The molecule has 0 bridgehead atoms. The standard InChI is InChI=1S/C7H15ClN2O2/c1-10(8)5-3-2-4-6(9)7(11)12/h6H,2-5,9H2,1H3,(H,11,12)/t6-/m1/s1. The maximum absolute atomic E-state index is 10.3.